The number of amidine groups is 1. The standard InChI is InChI=1S/C22H25N3O/c1-16-14-17(2)20(18(3)15-16)21-23-26-22(19-8-6-5-7-9-19)10-11-24(4)12-13-25(21)22/h5-11,14-15H,12-13H2,1-4H3. The van der Waals surface area contributed by atoms with E-state index in [1.54, 1.807) is 0 Å². The molecule has 2 aromatic carbocycles. The lowest BCUT2D eigenvalue weighted by Gasteiger charge is -2.34. The zero-order valence-electron chi connectivity index (χ0n) is 15.9. The second-order valence-corrected chi connectivity index (χ2v) is 7.29. The van der Waals surface area contributed by atoms with Gasteiger partial charge in [-0.15, -0.1) is 0 Å². The fourth-order valence-electron chi connectivity index (χ4n) is 4.02. The first-order chi connectivity index (χ1) is 12.5. The van der Waals surface area contributed by atoms with Gasteiger partial charge >= 0.3 is 0 Å². The summed E-state index contributed by atoms with van der Waals surface area (Å²) in [6.07, 6.45) is 4.21. The molecule has 2 aromatic rings. The molecule has 0 aromatic heterocycles. The van der Waals surface area contributed by atoms with Crippen LogP contribution in [0.25, 0.3) is 0 Å². The van der Waals surface area contributed by atoms with Crippen LogP contribution in [0.4, 0.5) is 0 Å². The molecule has 0 amide bonds. The van der Waals surface area contributed by atoms with Crippen molar-refractivity contribution in [2.45, 2.75) is 26.5 Å². The van der Waals surface area contributed by atoms with Crippen LogP contribution < -0.4 is 0 Å². The molecule has 2 aliphatic heterocycles. The van der Waals surface area contributed by atoms with Crippen LogP contribution in [0.3, 0.4) is 0 Å². The summed E-state index contributed by atoms with van der Waals surface area (Å²) in [4.78, 5) is 10.7. The Morgan fingerprint density at radius 1 is 1.00 bits per heavy atom. The van der Waals surface area contributed by atoms with Crippen LogP contribution in [0.15, 0.2) is 59.9 Å². The van der Waals surface area contributed by atoms with Gasteiger partial charge in [0.2, 0.25) is 0 Å². The van der Waals surface area contributed by atoms with Gasteiger partial charge in [0.25, 0.3) is 5.72 Å². The van der Waals surface area contributed by atoms with E-state index >= 15 is 0 Å². The first-order valence-corrected chi connectivity index (χ1v) is 9.08. The number of fused-ring (bicyclic) bond motifs is 1. The Balaban J connectivity index is 1.85. The summed E-state index contributed by atoms with van der Waals surface area (Å²) < 4.78 is 0. The topological polar surface area (TPSA) is 28.1 Å². The molecule has 134 valence electrons. The van der Waals surface area contributed by atoms with Gasteiger partial charge in [-0.3, -0.25) is 0 Å². The first-order valence-electron chi connectivity index (χ1n) is 9.08. The van der Waals surface area contributed by atoms with Crippen molar-refractivity contribution in [3.05, 3.63) is 82.6 Å². The van der Waals surface area contributed by atoms with E-state index in [0.717, 1.165) is 24.5 Å². The smallest absolute Gasteiger partial charge is 0.258 e. The first kappa shape index (κ1) is 16.7. The number of hydrogen-bond acceptors (Lipinski definition) is 4. The molecule has 2 aliphatic rings. The fraction of sp³-hybridized carbons (Fsp3) is 0.318. The van der Waals surface area contributed by atoms with Crippen molar-refractivity contribution < 1.29 is 4.84 Å². The molecule has 0 radical (unpaired) electrons. The second-order valence-electron chi connectivity index (χ2n) is 7.29. The predicted octanol–water partition coefficient (Wildman–Crippen LogP) is 3.92. The van der Waals surface area contributed by atoms with Crippen molar-refractivity contribution in [2.75, 3.05) is 20.1 Å². The lowest BCUT2D eigenvalue weighted by molar-refractivity contribution is -0.0624. The van der Waals surface area contributed by atoms with E-state index in [2.05, 4.69) is 91.4 Å². The summed E-state index contributed by atoms with van der Waals surface area (Å²) in [5, 5.41) is 4.59. The Labute approximate surface area is 155 Å². The third-order valence-electron chi connectivity index (χ3n) is 5.25. The molecule has 0 aliphatic carbocycles. The predicted molar refractivity (Wildman–Crippen MR) is 105 cm³/mol. The van der Waals surface area contributed by atoms with Gasteiger partial charge in [-0.05, 0) is 31.9 Å². The van der Waals surface area contributed by atoms with Crippen molar-refractivity contribution >= 4 is 5.84 Å². The molecule has 1 unspecified atom stereocenters. The molecule has 4 nitrogen and oxygen atoms in total. The number of nitrogens with zero attached hydrogens (tertiary/aromatic N) is 3. The van der Waals surface area contributed by atoms with Crippen LogP contribution in [0.2, 0.25) is 0 Å². The highest BCUT2D eigenvalue weighted by atomic mass is 16.7. The number of aryl methyl sites for hydroxylation is 3. The lowest BCUT2D eigenvalue weighted by atomic mass is 9.95. The molecule has 4 rings (SSSR count). The average Bonchev–Trinajstić information content (AvgIpc) is 2.88. The van der Waals surface area contributed by atoms with Crippen molar-refractivity contribution in [1.82, 2.24) is 9.80 Å². The minimum absolute atomic E-state index is 0.689. The normalized spacial score (nSPS) is 21.9. The van der Waals surface area contributed by atoms with Gasteiger partial charge in [-0.25, -0.2) is 0 Å². The van der Waals surface area contributed by atoms with Crippen molar-refractivity contribution in [3.63, 3.8) is 0 Å². The van der Waals surface area contributed by atoms with Crippen LogP contribution in [-0.2, 0) is 10.6 Å². The highest BCUT2D eigenvalue weighted by Gasteiger charge is 2.47. The fourth-order valence-corrected chi connectivity index (χ4v) is 4.02. The Bertz CT molecular complexity index is 865. The van der Waals surface area contributed by atoms with E-state index in [0.29, 0.717) is 0 Å². The zero-order chi connectivity index (χ0) is 18.3. The Kier molecular flexibility index (Phi) is 3.98. The number of hydrogen-bond donors (Lipinski definition) is 0. The molecule has 1 atom stereocenters. The SMILES string of the molecule is Cc1cc(C)c(C2=NOC3(c4ccccc4)C=CN(C)CCN23)c(C)c1. The summed E-state index contributed by atoms with van der Waals surface area (Å²) in [6, 6.07) is 14.8. The molecule has 0 saturated heterocycles. The van der Waals surface area contributed by atoms with Crippen molar-refractivity contribution in [2.24, 2.45) is 5.16 Å². The summed E-state index contributed by atoms with van der Waals surface area (Å²) in [7, 11) is 2.09. The molecule has 0 N–H and O–H groups in total. The summed E-state index contributed by atoms with van der Waals surface area (Å²) >= 11 is 0. The largest absolute Gasteiger partial charge is 0.379 e. The maximum atomic E-state index is 6.17. The molecule has 0 saturated carbocycles. The van der Waals surface area contributed by atoms with E-state index in [-0.39, 0.29) is 0 Å². The van der Waals surface area contributed by atoms with Gasteiger partial charge in [0.1, 0.15) is 0 Å². The maximum Gasteiger partial charge on any atom is 0.258 e. The van der Waals surface area contributed by atoms with E-state index in [1.165, 1.54) is 22.3 Å². The average molecular weight is 347 g/mol. The zero-order valence-corrected chi connectivity index (χ0v) is 15.9. The summed E-state index contributed by atoms with van der Waals surface area (Å²) in [6.45, 7) is 8.19. The van der Waals surface area contributed by atoms with Gasteiger partial charge in [0.05, 0.1) is 0 Å². The van der Waals surface area contributed by atoms with E-state index in [4.69, 9.17) is 4.84 Å². The molecule has 0 spiro atoms. The quantitative estimate of drug-likeness (QED) is 0.824. The molecule has 4 heteroatoms. The minimum atomic E-state index is -0.689. The van der Waals surface area contributed by atoms with Crippen LogP contribution >= 0.6 is 0 Å². The lowest BCUT2D eigenvalue weighted by Crippen LogP contribution is -2.46. The van der Waals surface area contributed by atoms with Gasteiger partial charge in [-0.2, -0.15) is 0 Å². The van der Waals surface area contributed by atoms with E-state index in [1.807, 2.05) is 6.07 Å². The van der Waals surface area contributed by atoms with Crippen molar-refractivity contribution in [1.29, 1.82) is 0 Å². The molecule has 2 heterocycles. The second kappa shape index (κ2) is 6.20. The van der Waals surface area contributed by atoms with Gasteiger partial charge < -0.3 is 14.6 Å². The molecular weight excluding hydrogens is 322 g/mol. The van der Waals surface area contributed by atoms with Gasteiger partial charge in [0.15, 0.2) is 5.84 Å². The third-order valence-corrected chi connectivity index (χ3v) is 5.25. The number of oxime groups is 1. The Morgan fingerprint density at radius 3 is 2.38 bits per heavy atom. The van der Waals surface area contributed by atoms with Gasteiger partial charge in [0, 0.05) is 43.5 Å². The molecule has 0 bridgehead atoms. The number of benzene rings is 2. The number of likely N-dealkylation sites (N-methyl/N-ethyl adjacent to an activating group) is 1. The summed E-state index contributed by atoms with van der Waals surface area (Å²) in [5.74, 6) is 0.920. The third kappa shape index (κ3) is 2.57. The Morgan fingerprint density at radius 2 is 1.69 bits per heavy atom. The monoisotopic (exact) mass is 347 g/mol. The molecular formula is C22H25N3O. The van der Waals surface area contributed by atoms with Crippen LogP contribution in [0, 0.1) is 20.8 Å². The van der Waals surface area contributed by atoms with Crippen LogP contribution in [0.5, 0.6) is 0 Å². The van der Waals surface area contributed by atoms with E-state index < -0.39 is 5.72 Å². The number of rotatable bonds is 2. The highest BCUT2D eigenvalue weighted by molar-refractivity contribution is 6.02. The maximum absolute atomic E-state index is 6.17. The summed E-state index contributed by atoms with van der Waals surface area (Å²) in [5.41, 5.74) is 5.31. The van der Waals surface area contributed by atoms with Crippen LogP contribution in [-0.4, -0.2) is 35.8 Å². The molecule has 0 fully saturated rings. The van der Waals surface area contributed by atoms with Crippen LogP contribution in [0.1, 0.15) is 27.8 Å². The van der Waals surface area contributed by atoms with Crippen molar-refractivity contribution in [3.8, 4) is 0 Å². The van der Waals surface area contributed by atoms with Gasteiger partial charge in [-0.1, -0.05) is 53.2 Å². The molecule has 26 heavy (non-hydrogen) atoms. The Hall–Kier alpha value is -2.75. The van der Waals surface area contributed by atoms with E-state index in [9.17, 15) is 0 Å². The minimum Gasteiger partial charge on any atom is -0.379 e. The highest BCUT2D eigenvalue weighted by Crippen LogP contribution is 2.40.